The number of amides is 1. The van der Waals surface area contributed by atoms with E-state index in [-0.39, 0.29) is 11.3 Å². The number of hydrogen-bond donors (Lipinski definition) is 1. The van der Waals surface area contributed by atoms with Crippen LogP contribution in [0.1, 0.15) is 15.9 Å². The lowest BCUT2D eigenvalue weighted by atomic mass is 10.1. The minimum Gasteiger partial charge on any atom is -0.472 e. The van der Waals surface area contributed by atoms with Crippen LogP contribution in [0, 0.1) is 0 Å². The molecule has 0 aliphatic carbocycles. The van der Waals surface area contributed by atoms with Gasteiger partial charge in [0.15, 0.2) is 0 Å². The Labute approximate surface area is 119 Å². The Kier molecular flexibility index (Phi) is 3.93. The van der Waals surface area contributed by atoms with Gasteiger partial charge in [0.2, 0.25) is 0 Å². The topological polar surface area (TPSA) is 45.5 Å². The van der Waals surface area contributed by atoms with E-state index in [0.29, 0.717) is 5.69 Å². The zero-order chi connectivity index (χ0) is 15.6. The van der Waals surface area contributed by atoms with Crippen molar-refractivity contribution in [2.45, 2.75) is 6.18 Å². The molecule has 0 aliphatic rings. The zero-order valence-corrected chi connectivity index (χ0v) is 11.4. The molecule has 0 saturated heterocycles. The van der Waals surface area contributed by atoms with E-state index in [4.69, 9.17) is 4.42 Å². The molecule has 1 heterocycles. The van der Waals surface area contributed by atoms with E-state index in [1.165, 1.54) is 24.5 Å². The second-order valence-corrected chi connectivity index (χ2v) is 4.59. The average molecular weight is 298 g/mol. The van der Waals surface area contributed by atoms with Crippen molar-refractivity contribution in [3.8, 4) is 0 Å². The van der Waals surface area contributed by atoms with Crippen molar-refractivity contribution in [2.24, 2.45) is 0 Å². The lowest BCUT2D eigenvalue weighted by Gasteiger charge is -2.18. The first-order valence-electron chi connectivity index (χ1n) is 6.01. The lowest BCUT2D eigenvalue weighted by molar-refractivity contribution is -0.136. The molecule has 1 aromatic carbocycles. The molecule has 0 aliphatic heterocycles. The van der Waals surface area contributed by atoms with Gasteiger partial charge in [-0.05, 0) is 24.3 Å². The third kappa shape index (κ3) is 3.36. The van der Waals surface area contributed by atoms with Crippen molar-refractivity contribution in [2.75, 3.05) is 24.3 Å². The molecule has 0 radical (unpaired) electrons. The SMILES string of the molecule is CN(C)c1ccc(NC(=O)c2ccoc2)c(C(F)(F)F)c1. The Morgan fingerprint density at radius 1 is 1.24 bits per heavy atom. The first kappa shape index (κ1) is 15.0. The van der Waals surface area contributed by atoms with Crippen LogP contribution >= 0.6 is 0 Å². The monoisotopic (exact) mass is 298 g/mol. The number of furan rings is 1. The van der Waals surface area contributed by atoms with Gasteiger partial charge < -0.3 is 14.6 Å². The van der Waals surface area contributed by atoms with Crippen LogP contribution in [0.15, 0.2) is 41.2 Å². The quantitative estimate of drug-likeness (QED) is 0.941. The summed E-state index contributed by atoms with van der Waals surface area (Å²) in [7, 11) is 3.28. The van der Waals surface area contributed by atoms with Gasteiger partial charge in [-0.15, -0.1) is 0 Å². The van der Waals surface area contributed by atoms with Crippen LogP contribution in [0.3, 0.4) is 0 Å². The number of carbonyl (C=O) groups is 1. The molecule has 0 atom stereocenters. The second-order valence-electron chi connectivity index (χ2n) is 4.59. The van der Waals surface area contributed by atoms with E-state index in [2.05, 4.69) is 5.32 Å². The maximum Gasteiger partial charge on any atom is 0.418 e. The number of benzene rings is 1. The minimum atomic E-state index is -4.56. The molecule has 112 valence electrons. The summed E-state index contributed by atoms with van der Waals surface area (Å²) in [5.41, 5.74) is -0.645. The number of hydrogen-bond acceptors (Lipinski definition) is 3. The highest BCUT2D eigenvalue weighted by Gasteiger charge is 2.34. The molecule has 1 aromatic heterocycles. The predicted molar refractivity (Wildman–Crippen MR) is 72.4 cm³/mol. The van der Waals surface area contributed by atoms with Gasteiger partial charge in [-0.25, -0.2) is 0 Å². The highest BCUT2D eigenvalue weighted by molar-refractivity contribution is 6.04. The maximum absolute atomic E-state index is 13.1. The smallest absolute Gasteiger partial charge is 0.418 e. The molecule has 4 nitrogen and oxygen atoms in total. The molecular weight excluding hydrogens is 285 g/mol. The van der Waals surface area contributed by atoms with Crippen LogP contribution in [-0.2, 0) is 6.18 Å². The fourth-order valence-electron chi connectivity index (χ4n) is 1.74. The molecule has 0 unspecified atom stereocenters. The summed E-state index contributed by atoms with van der Waals surface area (Å²) in [5.74, 6) is -0.660. The van der Waals surface area contributed by atoms with E-state index >= 15 is 0 Å². The van der Waals surface area contributed by atoms with Crippen molar-refractivity contribution in [3.63, 3.8) is 0 Å². The zero-order valence-electron chi connectivity index (χ0n) is 11.4. The molecule has 7 heteroatoms. The van der Waals surface area contributed by atoms with Crippen LogP contribution in [0.5, 0.6) is 0 Å². The Bertz CT molecular complexity index is 634. The molecule has 0 fully saturated rings. The molecule has 0 spiro atoms. The molecule has 1 amide bonds. The number of carbonyl (C=O) groups excluding carboxylic acids is 1. The van der Waals surface area contributed by atoms with Gasteiger partial charge >= 0.3 is 6.18 Å². The molecule has 1 N–H and O–H groups in total. The van der Waals surface area contributed by atoms with Gasteiger partial charge in [-0.1, -0.05) is 0 Å². The second kappa shape index (κ2) is 5.51. The van der Waals surface area contributed by atoms with Crippen molar-refractivity contribution < 1.29 is 22.4 Å². The fourth-order valence-corrected chi connectivity index (χ4v) is 1.74. The Balaban J connectivity index is 2.37. The van der Waals surface area contributed by atoms with E-state index in [9.17, 15) is 18.0 Å². The van der Waals surface area contributed by atoms with Gasteiger partial charge in [0.25, 0.3) is 5.91 Å². The summed E-state index contributed by atoms with van der Waals surface area (Å²) in [6.07, 6.45) is -2.13. The van der Waals surface area contributed by atoms with Gasteiger partial charge in [-0.2, -0.15) is 13.2 Å². The van der Waals surface area contributed by atoms with Crippen LogP contribution in [-0.4, -0.2) is 20.0 Å². The summed E-state index contributed by atoms with van der Waals surface area (Å²) in [5, 5.41) is 2.25. The summed E-state index contributed by atoms with van der Waals surface area (Å²) in [6.45, 7) is 0. The fraction of sp³-hybridized carbons (Fsp3) is 0.214. The molecule has 2 rings (SSSR count). The van der Waals surface area contributed by atoms with Crippen LogP contribution in [0.25, 0.3) is 0 Å². The minimum absolute atomic E-state index is 0.153. The first-order chi connectivity index (χ1) is 9.79. The molecule has 0 saturated carbocycles. The summed E-state index contributed by atoms with van der Waals surface area (Å²) < 4.78 is 44.0. The number of halogens is 3. The van der Waals surface area contributed by atoms with E-state index in [1.807, 2.05) is 0 Å². The highest BCUT2D eigenvalue weighted by Crippen LogP contribution is 2.37. The van der Waals surface area contributed by atoms with Crippen molar-refractivity contribution in [3.05, 3.63) is 47.9 Å². The van der Waals surface area contributed by atoms with E-state index in [0.717, 1.165) is 12.3 Å². The Morgan fingerprint density at radius 2 is 1.95 bits per heavy atom. The number of rotatable bonds is 3. The largest absolute Gasteiger partial charge is 0.472 e. The maximum atomic E-state index is 13.1. The number of nitrogens with one attached hydrogen (secondary N) is 1. The van der Waals surface area contributed by atoms with Crippen molar-refractivity contribution in [1.29, 1.82) is 0 Å². The molecule has 21 heavy (non-hydrogen) atoms. The van der Waals surface area contributed by atoms with Crippen LogP contribution < -0.4 is 10.2 Å². The Morgan fingerprint density at radius 3 is 2.48 bits per heavy atom. The molecule has 0 bridgehead atoms. The summed E-state index contributed by atoms with van der Waals surface area (Å²) in [4.78, 5) is 13.4. The van der Waals surface area contributed by atoms with Crippen LogP contribution in [0.2, 0.25) is 0 Å². The number of anilines is 2. The highest BCUT2D eigenvalue weighted by atomic mass is 19.4. The standard InChI is InChI=1S/C14H13F3N2O2/c1-19(2)10-3-4-12(11(7-10)14(15,16)17)18-13(20)9-5-6-21-8-9/h3-8H,1-2H3,(H,18,20). The summed E-state index contributed by atoms with van der Waals surface area (Å²) >= 11 is 0. The molecular formula is C14H13F3N2O2. The van der Waals surface area contributed by atoms with Gasteiger partial charge in [0.1, 0.15) is 6.26 Å². The number of nitrogens with zero attached hydrogens (tertiary/aromatic N) is 1. The summed E-state index contributed by atoms with van der Waals surface area (Å²) in [6, 6.07) is 5.10. The number of alkyl halides is 3. The van der Waals surface area contributed by atoms with Crippen LogP contribution in [0.4, 0.5) is 24.5 Å². The Hall–Kier alpha value is -2.44. The average Bonchev–Trinajstić information content (AvgIpc) is 2.91. The van der Waals surface area contributed by atoms with Gasteiger partial charge in [0, 0.05) is 19.8 Å². The van der Waals surface area contributed by atoms with Crippen molar-refractivity contribution in [1.82, 2.24) is 0 Å². The normalized spacial score (nSPS) is 11.3. The first-order valence-corrected chi connectivity index (χ1v) is 6.01. The predicted octanol–water partition coefficient (Wildman–Crippen LogP) is 3.62. The molecule has 2 aromatic rings. The third-order valence-corrected chi connectivity index (χ3v) is 2.86. The lowest BCUT2D eigenvalue weighted by Crippen LogP contribution is -2.17. The van der Waals surface area contributed by atoms with E-state index in [1.54, 1.807) is 19.0 Å². The van der Waals surface area contributed by atoms with Gasteiger partial charge in [0.05, 0.1) is 23.1 Å². The van der Waals surface area contributed by atoms with Crippen molar-refractivity contribution >= 4 is 17.3 Å². The third-order valence-electron chi connectivity index (χ3n) is 2.86. The van der Waals surface area contributed by atoms with Gasteiger partial charge in [-0.3, -0.25) is 4.79 Å². The van der Waals surface area contributed by atoms with E-state index < -0.39 is 17.6 Å².